The van der Waals surface area contributed by atoms with Crippen LogP contribution in [0.3, 0.4) is 0 Å². The lowest BCUT2D eigenvalue weighted by atomic mass is 9.96. The zero-order valence-corrected chi connectivity index (χ0v) is 19.9. The molecule has 2 aromatic carbocycles. The number of fused-ring (bicyclic) bond motifs is 1. The predicted molar refractivity (Wildman–Crippen MR) is 129 cm³/mol. The van der Waals surface area contributed by atoms with E-state index >= 15 is 0 Å². The van der Waals surface area contributed by atoms with E-state index in [0.717, 1.165) is 17.0 Å². The molecule has 0 aliphatic carbocycles. The lowest BCUT2D eigenvalue weighted by Gasteiger charge is -2.30. The van der Waals surface area contributed by atoms with Crippen molar-refractivity contribution < 1.29 is 12.8 Å². The van der Waals surface area contributed by atoms with Crippen LogP contribution < -0.4 is 0 Å². The molecule has 1 saturated heterocycles. The largest absolute Gasteiger partial charge is 0.253 e. The van der Waals surface area contributed by atoms with E-state index < -0.39 is 15.8 Å². The molecule has 1 aliphatic heterocycles. The quantitative estimate of drug-likeness (QED) is 0.414. The minimum Gasteiger partial charge on any atom is -0.253 e. The standard InChI is InChI=1S/C26H25FN4O2S/c1-17-5-3-6-21(18(17)2)20-15-29-26(30-16-20)19-10-13-31(14-11-19)34(32,33)24-9-8-23(27)25-22(24)7-4-12-28-25/h3-9,12,15-16,19H,10-11,13-14H2,1-2H3. The van der Waals surface area contributed by atoms with E-state index in [1.165, 1.54) is 33.8 Å². The average Bonchev–Trinajstić information content (AvgIpc) is 2.86. The van der Waals surface area contributed by atoms with Crippen molar-refractivity contribution in [1.82, 2.24) is 19.3 Å². The van der Waals surface area contributed by atoms with Gasteiger partial charge in [-0.15, -0.1) is 0 Å². The van der Waals surface area contributed by atoms with Crippen LogP contribution in [0.4, 0.5) is 4.39 Å². The van der Waals surface area contributed by atoms with Crippen molar-refractivity contribution in [3.05, 3.63) is 83.8 Å². The van der Waals surface area contributed by atoms with Crippen LogP contribution in [-0.4, -0.2) is 40.8 Å². The highest BCUT2D eigenvalue weighted by molar-refractivity contribution is 7.89. The number of halogens is 1. The molecule has 0 atom stereocenters. The second kappa shape index (κ2) is 8.85. The third-order valence-electron chi connectivity index (χ3n) is 6.70. The number of nitrogens with zero attached hydrogens (tertiary/aromatic N) is 4. The molecule has 4 aromatic rings. The zero-order chi connectivity index (χ0) is 23.9. The lowest BCUT2D eigenvalue weighted by molar-refractivity contribution is 0.313. The maximum atomic E-state index is 14.1. The molecular formula is C26H25FN4O2S. The summed E-state index contributed by atoms with van der Waals surface area (Å²) in [6.07, 6.45) is 6.41. The van der Waals surface area contributed by atoms with Gasteiger partial charge in [-0.05, 0) is 67.6 Å². The van der Waals surface area contributed by atoms with Crippen LogP contribution in [0.5, 0.6) is 0 Å². The van der Waals surface area contributed by atoms with E-state index in [2.05, 4.69) is 40.9 Å². The van der Waals surface area contributed by atoms with E-state index in [1.807, 2.05) is 18.5 Å². The molecular weight excluding hydrogens is 451 g/mol. The molecule has 3 heterocycles. The monoisotopic (exact) mass is 476 g/mol. The summed E-state index contributed by atoms with van der Waals surface area (Å²) < 4.78 is 42.3. The topological polar surface area (TPSA) is 76.1 Å². The number of benzene rings is 2. The van der Waals surface area contributed by atoms with Crippen molar-refractivity contribution in [2.24, 2.45) is 0 Å². The van der Waals surface area contributed by atoms with Gasteiger partial charge in [-0.25, -0.2) is 22.8 Å². The second-order valence-electron chi connectivity index (χ2n) is 8.70. The molecule has 0 spiro atoms. The number of piperidine rings is 1. The molecule has 34 heavy (non-hydrogen) atoms. The highest BCUT2D eigenvalue weighted by Crippen LogP contribution is 2.32. The molecule has 0 N–H and O–H groups in total. The second-order valence-corrected chi connectivity index (χ2v) is 10.6. The summed E-state index contributed by atoms with van der Waals surface area (Å²) in [6.45, 7) is 4.89. The summed E-state index contributed by atoms with van der Waals surface area (Å²) in [5.74, 6) is 0.294. The lowest BCUT2D eigenvalue weighted by Crippen LogP contribution is -2.38. The molecule has 0 bridgehead atoms. The molecule has 0 unspecified atom stereocenters. The highest BCUT2D eigenvalue weighted by Gasteiger charge is 2.32. The van der Waals surface area contributed by atoms with Crippen LogP contribution in [0, 0.1) is 19.7 Å². The first-order chi connectivity index (χ1) is 16.4. The Morgan fingerprint density at radius 3 is 2.41 bits per heavy atom. The minimum atomic E-state index is -3.78. The number of hydrogen-bond donors (Lipinski definition) is 0. The van der Waals surface area contributed by atoms with Gasteiger partial charge in [0.15, 0.2) is 0 Å². The fourth-order valence-corrected chi connectivity index (χ4v) is 6.23. The van der Waals surface area contributed by atoms with Crippen LogP contribution in [0.25, 0.3) is 22.0 Å². The Hall–Kier alpha value is -3.23. The summed E-state index contributed by atoms with van der Waals surface area (Å²) in [5.41, 5.74) is 4.59. The fourth-order valence-electron chi connectivity index (χ4n) is 4.58. The molecule has 0 amide bonds. The summed E-state index contributed by atoms with van der Waals surface area (Å²) >= 11 is 0. The number of aryl methyl sites for hydroxylation is 1. The molecule has 6 nitrogen and oxygen atoms in total. The molecule has 8 heteroatoms. The Balaban J connectivity index is 1.33. The van der Waals surface area contributed by atoms with E-state index in [4.69, 9.17) is 0 Å². The Morgan fingerprint density at radius 2 is 1.68 bits per heavy atom. The first-order valence-electron chi connectivity index (χ1n) is 11.3. The maximum Gasteiger partial charge on any atom is 0.243 e. The van der Waals surface area contributed by atoms with Crippen molar-refractivity contribution in [1.29, 1.82) is 0 Å². The predicted octanol–water partition coefficient (Wildman–Crippen LogP) is 5.02. The third-order valence-corrected chi connectivity index (χ3v) is 8.66. The van der Waals surface area contributed by atoms with Gasteiger partial charge in [-0.3, -0.25) is 4.98 Å². The van der Waals surface area contributed by atoms with Gasteiger partial charge in [0, 0.05) is 48.5 Å². The summed E-state index contributed by atoms with van der Waals surface area (Å²) in [7, 11) is -3.78. The third kappa shape index (κ3) is 3.97. The molecule has 174 valence electrons. The molecule has 5 rings (SSSR count). The van der Waals surface area contributed by atoms with Gasteiger partial charge in [0.2, 0.25) is 10.0 Å². The first kappa shape index (κ1) is 22.6. The van der Waals surface area contributed by atoms with Crippen molar-refractivity contribution in [3.63, 3.8) is 0 Å². The first-order valence-corrected chi connectivity index (χ1v) is 12.7. The fraction of sp³-hybridized carbons (Fsp3) is 0.269. The number of sulfonamides is 1. The molecule has 1 aliphatic rings. The van der Waals surface area contributed by atoms with Crippen LogP contribution in [0.1, 0.15) is 35.7 Å². The molecule has 1 fully saturated rings. The minimum absolute atomic E-state index is 0.0656. The summed E-state index contributed by atoms with van der Waals surface area (Å²) in [6, 6.07) is 11.9. The maximum absolute atomic E-state index is 14.1. The number of aromatic nitrogens is 3. The molecule has 2 aromatic heterocycles. The zero-order valence-electron chi connectivity index (χ0n) is 19.1. The van der Waals surface area contributed by atoms with Crippen molar-refractivity contribution >= 4 is 20.9 Å². The van der Waals surface area contributed by atoms with Gasteiger partial charge < -0.3 is 0 Å². The van der Waals surface area contributed by atoms with E-state index in [0.29, 0.717) is 31.3 Å². The van der Waals surface area contributed by atoms with Gasteiger partial charge in [-0.1, -0.05) is 18.2 Å². The Bertz CT molecular complexity index is 1460. The Labute approximate surface area is 198 Å². The van der Waals surface area contributed by atoms with Crippen LogP contribution in [-0.2, 0) is 10.0 Å². The number of hydrogen-bond acceptors (Lipinski definition) is 5. The van der Waals surface area contributed by atoms with E-state index in [-0.39, 0.29) is 16.3 Å². The summed E-state index contributed by atoms with van der Waals surface area (Å²) in [5, 5.41) is 0.301. The van der Waals surface area contributed by atoms with Crippen LogP contribution in [0.15, 0.2) is 66.0 Å². The van der Waals surface area contributed by atoms with Gasteiger partial charge in [-0.2, -0.15) is 4.31 Å². The number of rotatable bonds is 4. The molecule has 0 saturated carbocycles. The SMILES string of the molecule is Cc1cccc(-c2cnc(C3CCN(S(=O)(=O)c4ccc(F)c5ncccc45)CC3)nc2)c1C. The Morgan fingerprint density at radius 1 is 0.941 bits per heavy atom. The highest BCUT2D eigenvalue weighted by atomic mass is 32.2. The van der Waals surface area contributed by atoms with Gasteiger partial charge >= 0.3 is 0 Å². The van der Waals surface area contributed by atoms with E-state index in [9.17, 15) is 12.8 Å². The Kier molecular flexibility index (Phi) is 5.87. The summed E-state index contributed by atoms with van der Waals surface area (Å²) in [4.78, 5) is 13.3. The van der Waals surface area contributed by atoms with Crippen LogP contribution >= 0.6 is 0 Å². The molecule has 0 radical (unpaired) electrons. The van der Waals surface area contributed by atoms with E-state index in [1.54, 1.807) is 12.1 Å². The van der Waals surface area contributed by atoms with Gasteiger partial charge in [0.25, 0.3) is 0 Å². The van der Waals surface area contributed by atoms with Crippen LogP contribution in [0.2, 0.25) is 0 Å². The van der Waals surface area contributed by atoms with Gasteiger partial charge in [0.1, 0.15) is 17.2 Å². The average molecular weight is 477 g/mol. The van der Waals surface area contributed by atoms with Crippen molar-refractivity contribution in [2.75, 3.05) is 13.1 Å². The normalized spacial score (nSPS) is 15.6. The van der Waals surface area contributed by atoms with Crippen molar-refractivity contribution in [3.8, 4) is 11.1 Å². The van der Waals surface area contributed by atoms with Gasteiger partial charge in [0.05, 0.1) is 4.90 Å². The number of pyridine rings is 1. The smallest absolute Gasteiger partial charge is 0.243 e. The van der Waals surface area contributed by atoms with Crippen molar-refractivity contribution in [2.45, 2.75) is 37.5 Å².